The molecule has 0 saturated heterocycles. The number of thiophene rings is 1. The van der Waals surface area contributed by atoms with Crippen molar-refractivity contribution in [3.63, 3.8) is 0 Å². The van der Waals surface area contributed by atoms with Crippen LogP contribution in [0.2, 0.25) is 0 Å². The Kier molecular flexibility index (Phi) is 4.74. The summed E-state index contributed by atoms with van der Waals surface area (Å²) in [6, 6.07) is 7.47. The Morgan fingerprint density at radius 1 is 1.24 bits per heavy atom. The summed E-state index contributed by atoms with van der Waals surface area (Å²) in [5.41, 5.74) is 0.418. The van der Waals surface area contributed by atoms with E-state index >= 15 is 0 Å². The highest BCUT2D eigenvalue weighted by Crippen LogP contribution is 2.36. The molecule has 21 heavy (non-hydrogen) atoms. The maximum Gasteiger partial charge on any atom is 0.573 e. The van der Waals surface area contributed by atoms with Gasteiger partial charge in [0.25, 0.3) is 0 Å². The van der Waals surface area contributed by atoms with Gasteiger partial charge in [-0.15, -0.1) is 24.5 Å². The van der Waals surface area contributed by atoms with Gasteiger partial charge < -0.3 is 14.8 Å². The van der Waals surface area contributed by atoms with Crippen LogP contribution in [0.4, 0.5) is 13.2 Å². The van der Waals surface area contributed by atoms with Crippen molar-refractivity contribution in [3.8, 4) is 11.5 Å². The van der Waals surface area contributed by atoms with Gasteiger partial charge in [-0.1, -0.05) is 18.2 Å². The monoisotopic (exact) mass is 317 g/mol. The van der Waals surface area contributed by atoms with Crippen LogP contribution in [0, 0.1) is 0 Å². The van der Waals surface area contributed by atoms with Gasteiger partial charge in [-0.2, -0.15) is 0 Å². The van der Waals surface area contributed by atoms with Crippen LogP contribution in [0.15, 0.2) is 35.7 Å². The van der Waals surface area contributed by atoms with Crippen LogP contribution in [0.3, 0.4) is 0 Å². The van der Waals surface area contributed by atoms with Crippen molar-refractivity contribution < 1.29 is 22.6 Å². The molecule has 7 heteroatoms. The minimum absolute atomic E-state index is 0.211. The third-order valence-corrected chi connectivity index (χ3v) is 3.84. The van der Waals surface area contributed by atoms with E-state index in [0.717, 1.165) is 4.88 Å². The van der Waals surface area contributed by atoms with Crippen molar-refractivity contribution >= 4 is 11.3 Å². The molecule has 0 radical (unpaired) electrons. The van der Waals surface area contributed by atoms with Crippen molar-refractivity contribution in [3.05, 3.63) is 46.2 Å². The van der Waals surface area contributed by atoms with Crippen molar-refractivity contribution in [2.75, 3.05) is 14.2 Å². The third kappa shape index (κ3) is 3.89. The van der Waals surface area contributed by atoms with Crippen LogP contribution < -0.4 is 14.8 Å². The molecule has 0 bridgehead atoms. The van der Waals surface area contributed by atoms with Crippen molar-refractivity contribution in [1.29, 1.82) is 0 Å². The molecule has 1 heterocycles. The second kappa shape index (κ2) is 6.36. The lowest BCUT2D eigenvalue weighted by Gasteiger charge is -2.19. The zero-order valence-electron chi connectivity index (χ0n) is 11.4. The van der Waals surface area contributed by atoms with Gasteiger partial charge in [0, 0.05) is 15.8 Å². The van der Waals surface area contributed by atoms with Gasteiger partial charge in [0.1, 0.15) is 11.5 Å². The Morgan fingerprint density at radius 2 is 1.95 bits per heavy atom. The fourth-order valence-electron chi connectivity index (χ4n) is 1.98. The van der Waals surface area contributed by atoms with Gasteiger partial charge in [-0.25, -0.2) is 0 Å². The van der Waals surface area contributed by atoms with Crippen LogP contribution in [0.25, 0.3) is 0 Å². The largest absolute Gasteiger partial charge is 0.573 e. The first-order valence-electron chi connectivity index (χ1n) is 6.09. The number of methoxy groups -OCH3 is 1. The van der Waals surface area contributed by atoms with E-state index in [-0.39, 0.29) is 5.75 Å². The lowest BCUT2D eigenvalue weighted by molar-refractivity contribution is -0.275. The van der Waals surface area contributed by atoms with Crippen LogP contribution in [-0.4, -0.2) is 20.5 Å². The topological polar surface area (TPSA) is 30.5 Å². The van der Waals surface area contributed by atoms with Crippen LogP contribution >= 0.6 is 11.3 Å². The molecule has 1 atom stereocenters. The Hall–Kier alpha value is -1.73. The minimum atomic E-state index is -4.72. The number of hydrogen-bond donors (Lipinski definition) is 1. The second-order valence-electron chi connectivity index (χ2n) is 4.20. The van der Waals surface area contributed by atoms with Gasteiger partial charge in [0.15, 0.2) is 0 Å². The molecule has 0 saturated carbocycles. The van der Waals surface area contributed by atoms with Gasteiger partial charge in [0.05, 0.1) is 13.2 Å². The summed E-state index contributed by atoms with van der Waals surface area (Å²) < 4.78 is 46.7. The Balaban J connectivity index is 2.38. The van der Waals surface area contributed by atoms with E-state index in [9.17, 15) is 13.2 Å². The molecule has 0 aliphatic rings. The highest BCUT2D eigenvalue weighted by atomic mass is 32.1. The van der Waals surface area contributed by atoms with Gasteiger partial charge >= 0.3 is 6.36 Å². The van der Waals surface area contributed by atoms with Gasteiger partial charge in [-0.3, -0.25) is 0 Å². The van der Waals surface area contributed by atoms with Gasteiger partial charge in [0.2, 0.25) is 0 Å². The molecular weight excluding hydrogens is 303 g/mol. The lowest BCUT2D eigenvalue weighted by atomic mass is 10.0. The number of hydrogen-bond acceptors (Lipinski definition) is 4. The number of para-hydroxylation sites is 1. The molecule has 0 spiro atoms. The maximum absolute atomic E-state index is 12.5. The number of ether oxygens (including phenoxy) is 2. The fraction of sp³-hybridized carbons (Fsp3) is 0.286. The summed E-state index contributed by atoms with van der Waals surface area (Å²) >= 11 is 1.40. The van der Waals surface area contributed by atoms with E-state index in [1.807, 2.05) is 0 Å². The molecule has 1 unspecified atom stereocenters. The highest BCUT2D eigenvalue weighted by Gasteiger charge is 2.33. The average molecular weight is 317 g/mol. The van der Waals surface area contributed by atoms with Gasteiger partial charge in [-0.05, 0) is 19.2 Å². The summed E-state index contributed by atoms with van der Waals surface area (Å²) in [5, 5.41) is 4.80. The van der Waals surface area contributed by atoms with E-state index in [1.165, 1.54) is 23.5 Å². The van der Waals surface area contributed by atoms with Crippen LogP contribution in [0.5, 0.6) is 11.5 Å². The number of halogens is 3. The molecule has 0 aliphatic carbocycles. The molecule has 0 amide bonds. The van der Waals surface area contributed by atoms with Crippen molar-refractivity contribution in [2.24, 2.45) is 0 Å². The second-order valence-corrected chi connectivity index (χ2v) is 5.14. The molecule has 1 aromatic carbocycles. The van der Waals surface area contributed by atoms with E-state index < -0.39 is 12.4 Å². The number of nitrogens with one attached hydrogen (secondary N) is 1. The van der Waals surface area contributed by atoms with Crippen molar-refractivity contribution in [1.82, 2.24) is 5.32 Å². The molecule has 0 fully saturated rings. The quantitative estimate of drug-likeness (QED) is 0.905. The zero-order valence-corrected chi connectivity index (χ0v) is 12.2. The summed E-state index contributed by atoms with van der Waals surface area (Å²) in [5.74, 6) is 0.459. The van der Waals surface area contributed by atoms with Crippen LogP contribution in [-0.2, 0) is 0 Å². The molecule has 1 N–H and O–H groups in total. The molecule has 0 aliphatic heterocycles. The van der Waals surface area contributed by atoms with E-state index in [1.54, 1.807) is 37.7 Å². The smallest absolute Gasteiger partial charge is 0.496 e. The molecular formula is C14H14F3NO2S. The predicted octanol–water partition coefficient (Wildman–Crippen LogP) is 3.96. The Bertz CT molecular complexity index is 598. The molecule has 114 valence electrons. The molecule has 2 aromatic rings. The number of rotatable bonds is 5. The van der Waals surface area contributed by atoms with Crippen LogP contribution in [0.1, 0.15) is 16.5 Å². The first-order chi connectivity index (χ1) is 9.94. The first kappa shape index (κ1) is 15.7. The molecule has 3 nitrogen and oxygen atoms in total. The lowest BCUT2D eigenvalue weighted by Crippen LogP contribution is -2.22. The molecule has 2 rings (SSSR count). The summed E-state index contributed by atoms with van der Waals surface area (Å²) in [7, 11) is 3.22. The summed E-state index contributed by atoms with van der Waals surface area (Å²) in [4.78, 5) is 0.840. The predicted molar refractivity (Wildman–Crippen MR) is 74.9 cm³/mol. The minimum Gasteiger partial charge on any atom is -0.496 e. The zero-order chi connectivity index (χ0) is 15.5. The average Bonchev–Trinajstić information content (AvgIpc) is 2.88. The normalized spacial score (nSPS) is 13.0. The summed E-state index contributed by atoms with van der Waals surface area (Å²) in [6.07, 6.45) is -4.72. The molecule has 1 aromatic heterocycles. The number of alkyl halides is 3. The summed E-state index contributed by atoms with van der Waals surface area (Å²) in [6.45, 7) is 0. The highest BCUT2D eigenvalue weighted by molar-refractivity contribution is 7.10. The number of benzene rings is 1. The van der Waals surface area contributed by atoms with E-state index in [4.69, 9.17) is 4.74 Å². The fourth-order valence-corrected chi connectivity index (χ4v) is 2.96. The van der Waals surface area contributed by atoms with Crippen molar-refractivity contribution in [2.45, 2.75) is 12.4 Å². The third-order valence-electron chi connectivity index (χ3n) is 2.86. The SMILES string of the molecule is CNC(c1cc(OC)cs1)c1ccccc1OC(F)(F)F. The van der Waals surface area contributed by atoms with E-state index in [0.29, 0.717) is 11.3 Å². The Morgan fingerprint density at radius 3 is 2.52 bits per heavy atom. The maximum atomic E-state index is 12.5. The van der Waals surface area contributed by atoms with E-state index in [2.05, 4.69) is 10.1 Å². The standard InChI is InChI=1S/C14H14F3NO2S/c1-18-13(12-7-9(19-2)8-21-12)10-5-3-4-6-11(10)20-14(15,16)17/h3-8,13,18H,1-2H3. The Labute approximate surface area is 124 Å². The first-order valence-corrected chi connectivity index (χ1v) is 6.97.